The van der Waals surface area contributed by atoms with Crippen molar-refractivity contribution < 1.29 is 9.90 Å². The first-order chi connectivity index (χ1) is 11.1. The second-order valence-electron chi connectivity index (χ2n) is 4.94. The molecule has 0 bridgehead atoms. The van der Waals surface area contributed by atoms with Gasteiger partial charge in [0.05, 0.1) is 24.0 Å². The molecule has 3 aromatic heterocycles. The van der Waals surface area contributed by atoms with Crippen molar-refractivity contribution in [2.45, 2.75) is 6.54 Å². The zero-order valence-corrected chi connectivity index (χ0v) is 13.2. The van der Waals surface area contributed by atoms with Gasteiger partial charge in [0.15, 0.2) is 11.3 Å². The van der Waals surface area contributed by atoms with Gasteiger partial charge in [-0.25, -0.2) is 19.0 Å². The van der Waals surface area contributed by atoms with E-state index >= 15 is 0 Å². The van der Waals surface area contributed by atoms with Gasteiger partial charge in [0.1, 0.15) is 5.52 Å². The summed E-state index contributed by atoms with van der Waals surface area (Å²) >= 11 is 3.43. The minimum atomic E-state index is -1.08. The summed E-state index contributed by atoms with van der Waals surface area (Å²) < 4.78 is 4.13. The van der Waals surface area contributed by atoms with Crippen molar-refractivity contribution in [1.82, 2.24) is 29.6 Å². The Balaban J connectivity index is 1.73. The maximum Gasteiger partial charge on any atom is 0.356 e. The molecular formula is C14H9BrN6O2. The van der Waals surface area contributed by atoms with Crippen molar-refractivity contribution in [3.8, 4) is 0 Å². The number of hydrogen-bond donors (Lipinski definition) is 1. The molecule has 23 heavy (non-hydrogen) atoms. The fraction of sp³-hybridized carbons (Fsp3) is 0.0714. The van der Waals surface area contributed by atoms with Crippen LogP contribution in [0.25, 0.3) is 16.7 Å². The maximum absolute atomic E-state index is 11.0. The fourth-order valence-corrected chi connectivity index (χ4v) is 2.67. The van der Waals surface area contributed by atoms with Crippen molar-refractivity contribution in [2.75, 3.05) is 0 Å². The molecule has 0 saturated carbocycles. The van der Waals surface area contributed by atoms with Gasteiger partial charge in [0.25, 0.3) is 0 Å². The van der Waals surface area contributed by atoms with Crippen LogP contribution in [-0.4, -0.2) is 40.7 Å². The van der Waals surface area contributed by atoms with Crippen molar-refractivity contribution in [2.24, 2.45) is 0 Å². The largest absolute Gasteiger partial charge is 0.476 e. The predicted octanol–water partition coefficient (Wildman–Crippen LogP) is 1.98. The average molecular weight is 373 g/mol. The van der Waals surface area contributed by atoms with E-state index in [0.717, 1.165) is 21.2 Å². The van der Waals surface area contributed by atoms with Crippen LogP contribution in [0.4, 0.5) is 0 Å². The van der Waals surface area contributed by atoms with E-state index in [0.29, 0.717) is 12.2 Å². The molecule has 0 radical (unpaired) electrons. The highest BCUT2D eigenvalue weighted by atomic mass is 79.9. The third kappa shape index (κ3) is 2.44. The highest BCUT2D eigenvalue weighted by molar-refractivity contribution is 9.10. The van der Waals surface area contributed by atoms with Gasteiger partial charge in [-0.3, -0.25) is 0 Å². The number of nitrogens with zero attached hydrogens (tertiary/aromatic N) is 6. The topological polar surface area (TPSA) is 98.2 Å². The molecule has 114 valence electrons. The number of fused-ring (bicyclic) bond motifs is 2. The van der Waals surface area contributed by atoms with E-state index in [1.807, 2.05) is 18.2 Å². The highest BCUT2D eigenvalue weighted by Crippen LogP contribution is 2.18. The van der Waals surface area contributed by atoms with Gasteiger partial charge in [-0.15, -0.1) is 5.10 Å². The number of carboxylic acids is 1. The summed E-state index contributed by atoms with van der Waals surface area (Å²) in [6, 6.07) is 9.25. The summed E-state index contributed by atoms with van der Waals surface area (Å²) in [5.41, 5.74) is 2.85. The molecule has 0 fully saturated rings. The molecule has 0 unspecified atom stereocenters. The quantitative estimate of drug-likeness (QED) is 0.590. The zero-order chi connectivity index (χ0) is 16.0. The molecule has 0 atom stereocenters. The zero-order valence-electron chi connectivity index (χ0n) is 11.6. The van der Waals surface area contributed by atoms with Gasteiger partial charge in [-0.1, -0.05) is 21.1 Å². The van der Waals surface area contributed by atoms with E-state index in [2.05, 4.69) is 36.3 Å². The fourth-order valence-electron chi connectivity index (χ4n) is 2.32. The summed E-state index contributed by atoms with van der Waals surface area (Å²) in [5.74, 6) is -1.08. The van der Waals surface area contributed by atoms with Gasteiger partial charge in [-0.2, -0.15) is 5.10 Å². The predicted molar refractivity (Wildman–Crippen MR) is 84.3 cm³/mol. The van der Waals surface area contributed by atoms with E-state index in [1.165, 1.54) is 10.7 Å². The van der Waals surface area contributed by atoms with Crippen LogP contribution in [0.2, 0.25) is 0 Å². The molecule has 4 aromatic rings. The van der Waals surface area contributed by atoms with Crippen molar-refractivity contribution in [1.29, 1.82) is 0 Å². The van der Waals surface area contributed by atoms with Gasteiger partial charge in [0, 0.05) is 4.47 Å². The molecule has 9 heteroatoms. The lowest BCUT2D eigenvalue weighted by atomic mass is 10.3. The van der Waals surface area contributed by atoms with Crippen LogP contribution in [0.3, 0.4) is 0 Å². The molecule has 1 aromatic carbocycles. The lowest BCUT2D eigenvalue weighted by Crippen LogP contribution is -2.06. The number of halogens is 1. The third-order valence-corrected chi connectivity index (χ3v) is 3.88. The Morgan fingerprint density at radius 1 is 1.26 bits per heavy atom. The normalized spacial score (nSPS) is 11.3. The number of hydrogen-bond acceptors (Lipinski definition) is 5. The number of aromatic nitrogens is 6. The van der Waals surface area contributed by atoms with Crippen LogP contribution in [-0.2, 0) is 6.54 Å². The molecule has 0 aliphatic heterocycles. The van der Waals surface area contributed by atoms with Crippen molar-refractivity contribution in [3.05, 3.63) is 52.4 Å². The number of imidazole rings is 1. The van der Waals surface area contributed by atoms with Gasteiger partial charge < -0.3 is 5.11 Å². The van der Waals surface area contributed by atoms with Crippen LogP contribution in [0, 0.1) is 0 Å². The number of carboxylic acid groups (broad SMARTS) is 1. The average Bonchev–Trinajstić information content (AvgIpc) is 3.11. The van der Waals surface area contributed by atoms with Crippen LogP contribution in [0.15, 0.2) is 41.0 Å². The number of rotatable bonds is 3. The first-order valence-corrected chi connectivity index (χ1v) is 7.47. The molecule has 1 N–H and O–H groups in total. The van der Waals surface area contributed by atoms with E-state index in [4.69, 9.17) is 5.11 Å². The van der Waals surface area contributed by atoms with Crippen LogP contribution >= 0.6 is 15.9 Å². The van der Waals surface area contributed by atoms with E-state index in [9.17, 15) is 4.79 Å². The second-order valence-corrected chi connectivity index (χ2v) is 5.85. The first kappa shape index (κ1) is 13.8. The third-order valence-electron chi connectivity index (χ3n) is 3.38. The minimum absolute atomic E-state index is 0.0372. The smallest absolute Gasteiger partial charge is 0.356 e. The number of aromatic carboxylic acids is 1. The number of benzene rings is 1. The van der Waals surface area contributed by atoms with Crippen molar-refractivity contribution in [3.63, 3.8) is 0 Å². The van der Waals surface area contributed by atoms with Gasteiger partial charge in [-0.05, 0) is 30.3 Å². The maximum atomic E-state index is 11.0. The first-order valence-electron chi connectivity index (χ1n) is 6.67. The summed E-state index contributed by atoms with van der Waals surface area (Å²) in [4.78, 5) is 14.9. The van der Waals surface area contributed by atoms with E-state index in [-0.39, 0.29) is 5.69 Å². The van der Waals surface area contributed by atoms with Crippen LogP contribution in [0.1, 0.15) is 16.2 Å². The summed E-state index contributed by atoms with van der Waals surface area (Å²) in [7, 11) is 0. The molecule has 0 amide bonds. The Bertz CT molecular complexity index is 1050. The highest BCUT2D eigenvalue weighted by Gasteiger charge is 2.11. The molecule has 3 heterocycles. The van der Waals surface area contributed by atoms with Gasteiger partial charge >= 0.3 is 5.97 Å². The SMILES string of the molecule is O=C(O)c1cn2nc(Cn3nnc4ccc(Br)cc43)ccc2n1. The summed E-state index contributed by atoms with van der Waals surface area (Å²) in [6.45, 7) is 0.420. The summed E-state index contributed by atoms with van der Waals surface area (Å²) in [5, 5.41) is 21.6. The Morgan fingerprint density at radius 2 is 2.13 bits per heavy atom. The molecule has 0 aliphatic rings. The lowest BCUT2D eigenvalue weighted by Gasteiger charge is -2.03. The standard InChI is InChI=1S/C14H9BrN6O2/c15-8-1-3-10-12(5-8)20(19-17-10)6-9-2-4-13-16-11(14(22)23)7-21(13)18-9/h1-5,7H,6H2,(H,22,23). The van der Waals surface area contributed by atoms with E-state index in [1.54, 1.807) is 16.8 Å². The minimum Gasteiger partial charge on any atom is -0.476 e. The lowest BCUT2D eigenvalue weighted by molar-refractivity contribution is 0.0691. The molecule has 4 rings (SSSR count). The monoisotopic (exact) mass is 372 g/mol. The molecule has 0 saturated heterocycles. The van der Waals surface area contributed by atoms with Gasteiger partial charge in [0.2, 0.25) is 0 Å². The molecule has 0 spiro atoms. The molecule has 0 aliphatic carbocycles. The van der Waals surface area contributed by atoms with Crippen LogP contribution in [0.5, 0.6) is 0 Å². The Hall–Kier alpha value is -2.81. The Morgan fingerprint density at radius 3 is 2.96 bits per heavy atom. The second kappa shape index (κ2) is 5.13. The molecule has 8 nitrogen and oxygen atoms in total. The van der Waals surface area contributed by atoms with Crippen molar-refractivity contribution >= 4 is 38.6 Å². The summed E-state index contributed by atoms with van der Waals surface area (Å²) in [6.07, 6.45) is 1.39. The Labute approximate surface area is 137 Å². The van der Waals surface area contributed by atoms with Crippen LogP contribution < -0.4 is 0 Å². The molecular weight excluding hydrogens is 364 g/mol. The number of carbonyl (C=O) groups is 1. The Kier molecular flexibility index (Phi) is 3.08. The van der Waals surface area contributed by atoms with E-state index < -0.39 is 5.97 Å².